The number of aliphatic carboxylic acids is 1. The smallest absolute Gasteiger partial charge is 0.308 e. The van der Waals surface area contributed by atoms with Crippen LogP contribution in [0, 0.1) is 17.8 Å². The van der Waals surface area contributed by atoms with Gasteiger partial charge in [-0.2, -0.15) is 0 Å². The van der Waals surface area contributed by atoms with Crippen LogP contribution in [0.5, 0.6) is 0 Å². The molecule has 4 heteroatoms. The first kappa shape index (κ1) is 14.5. The van der Waals surface area contributed by atoms with Gasteiger partial charge in [0.2, 0.25) is 0 Å². The minimum atomic E-state index is -0.682. The Morgan fingerprint density at radius 3 is 2.47 bits per heavy atom. The lowest BCUT2D eigenvalue weighted by Gasteiger charge is -2.29. The number of rotatable bonds is 6. The van der Waals surface area contributed by atoms with Gasteiger partial charge >= 0.3 is 5.97 Å². The molecule has 1 heterocycles. The van der Waals surface area contributed by atoms with Crippen molar-refractivity contribution in [3.05, 3.63) is 0 Å². The summed E-state index contributed by atoms with van der Waals surface area (Å²) in [7, 11) is 2.02. The fraction of sp³-hybridized carbons (Fsp3) is 0.923. The summed E-state index contributed by atoms with van der Waals surface area (Å²) in [5.41, 5.74) is 0. The molecule has 0 aromatic heterocycles. The van der Waals surface area contributed by atoms with E-state index >= 15 is 0 Å². The van der Waals surface area contributed by atoms with Crippen LogP contribution in [0.1, 0.15) is 26.7 Å². The van der Waals surface area contributed by atoms with E-state index in [1.807, 2.05) is 20.9 Å². The third-order valence-corrected chi connectivity index (χ3v) is 3.54. The Hall–Kier alpha value is -0.610. The van der Waals surface area contributed by atoms with Crippen LogP contribution in [0.25, 0.3) is 0 Å². The Bertz CT molecular complexity index is 237. The molecular formula is C13H25NO3. The molecule has 0 amide bonds. The van der Waals surface area contributed by atoms with Crippen LogP contribution in [0.15, 0.2) is 0 Å². The van der Waals surface area contributed by atoms with Gasteiger partial charge < -0.3 is 14.7 Å². The van der Waals surface area contributed by atoms with Crippen LogP contribution in [0.4, 0.5) is 0 Å². The van der Waals surface area contributed by atoms with E-state index in [1.165, 1.54) is 0 Å². The predicted molar refractivity (Wildman–Crippen MR) is 67.0 cm³/mol. The fourth-order valence-corrected chi connectivity index (χ4v) is 2.35. The van der Waals surface area contributed by atoms with Crippen LogP contribution in [0.2, 0.25) is 0 Å². The van der Waals surface area contributed by atoms with Crippen LogP contribution in [0.3, 0.4) is 0 Å². The summed E-state index contributed by atoms with van der Waals surface area (Å²) in [4.78, 5) is 13.3. The van der Waals surface area contributed by atoms with Crippen molar-refractivity contribution >= 4 is 5.97 Å². The van der Waals surface area contributed by atoms with E-state index < -0.39 is 5.97 Å². The van der Waals surface area contributed by atoms with Crippen molar-refractivity contribution in [1.82, 2.24) is 4.90 Å². The van der Waals surface area contributed by atoms with Crippen molar-refractivity contribution in [1.29, 1.82) is 0 Å². The van der Waals surface area contributed by atoms with Crippen molar-refractivity contribution in [3.8, 4) is 0 Å². The number of carboxylic acid groups (broad SMARTS) is 1. The molecule has 0 bridgehead atoms. The second-order valence-corrected chi connectivity index (χ2v) is 5.47. The summed E-state index contributed by atoms with van der Waals surface area (Å²) in [5, 5.41) is 9.15. The van der Waals surface area contributed by atoms with Gasteiger partial charge in [-0.15, -0.1) is 0 Å². The maximum Gasteiger partial charge on any atom is 0.308 e. The highest BCUT2D eigenvalue weighted by Crippen LogP contribution is 2.18. The topological polar surface area (TPSA) is 49.8 Å². The van der Waals surface area contributed by atoms with Gasteiger partial charge in [0.1, 0.15) is 0 Å². The average molecular weight is 243 g/mol. The van der Waals surface area contributed by atoms with Crippen LogP contribution in [-0.2, 0) is 9.53 Å². The molecule has 1 aliphatic rings. The number of hydrogen-bond acceptors (Lipinski definition) is 3. The Balaban J connectivity index is 2.35. The first-order valence-electron chi connectivity index (χ1n) is 6.49. The molecule has 1 aliphatic heterocycles. The van der Waals surface area contributed by atoms with Gasteiger partial charge in [0, 0.05) is 26.3 Å². The Morgan fingerprint density at radius 2 is 2.00 bits per heavy atom. The molecule has 1 fully saturated rings. The molecule has 0 aliphatic carbocycles. The van der Waals surface area contributed by atoms with Gasteiger partial charge in [0.15, 0.2) is 0 Å². The molecule has 0 aromatic rings. The summed E-state index contributed by atoms with van der Waals surface area (Å²) in [6.45, 7) is 7.28. The van der Waals surface area contributed by atoms with Crippen molar-refractivity contribution in [2.24, 2.45) is 17.8 Å². The van der Waals surface area contributed by atoms with E-state index in [-0.39, 0.29) is 11.8 Å². The number of carbonyl (C=O) groups is 1. The standard InChI is InChI=1S/C13H25NO3/c1-10(2)12(13(15)16)9-14(3)8-11-4-6-17-7-5-11/h10-12H,4-9H2,1-3H3,(H,15,16). The molecule has 0 spiro atoms. The number of nitrogens with zero attached hydrogens (tertiary/aromatic N) is 1. The third-order valence-electron chi connectivity index (χ3n) is 3.54. The van der Waals surface area contributed by atoms with Crippen molar-refractivity contribution in [2.45, 2.75) is 26.7 Å². The maximum atomic E-state index is 11.1. The monoisotopic (exact) mass is 243 g/mol. The summed E-state index contributed by atoms with van der Waals surface area (Å²) in [6.07, 6.45) is 2.20. The molecule has 1 rings (SSSR count). The minimum Gasteiger partial charge on any atom is -0.481 e. The molecule has 17 heavy (non-hydrogen) atoms. The lowest BCUT2D eigenvalue weighted by Crippen LogP contribution is -2.37. The summed E-state index contributed by atoms with van der Waals surface area (Å²) in [5.74, 6) is -0.0985. The summed E-state index contributed by atoms with van der Waals surface area (Å²) < 4.78 is 5.33. The molecular weight excluding hydrogens is 218 g/mol. The summed E-state index contributed by atoms with van der Waals surface area (Å²) >= 11 is 0. The molecule has 4 nitrogen and oxygen atoms in total. The van der Waals surface area contributed by atoms with E-state index in [0.717, 1.165) is 32.6 Å². The molecule has 0 radical (unpaired) electrons. The van der Waals surface area contributed by atoms with Crippen LogP contribution in [-0.4, -0.2) is 49.3 Å². The van der Waals surface area contributed by atoms with E-state index in [1.54, 1.807) is 0 Å². The largest absolute Gasteiger partial charge is 0.481 e. The molecule has 0 saturated carbocycles. The van der Waals surface area contributed by atoms with Gasteiger partial charge in [-0.25, -0.2) is 0 Å². The third kappa shape index (κ3) is 5.04. The zero-order chi connectivity index (χ0) is 12.8. The van der Waals surface area contributed by atoms with Crippen molar-refractivity contribution < 1.29 is 14.6 Å². The first-order valence-corrected chi connectivity index (χ1v) is 6.49. The Morgan fingerprint density at radius 1 is 1.41 bits per heavy atom. The fourth-order valence-electron chi connectivity index (χ4n) is 2.35. The molecule has 0 aromatic carbocycles. The number of carboxylic acids is 1. The van der Waals surface area contributed by atoms with Crippen molar-refractivity contribution in [3.63, 3.8) is 0 Å². The minimum absolute atomic E-state index is 0.185. The van der Waals surface area contributed by atoms with Gasteiger partial charge in [0.25, 0.3) is 0 Å². The molecule has 100 valence electrons. The average Bonchev–Trinajstić information content (AvgIpc) is 2.26. The number of hydrogen-bond donors (Lipinski definition) is 1. The zero-order valence-corrected chi connectivity index (χ0v) is 11.2. The highest BCUT2D eigenvalue weighted by Gasteiger charge is 2.24. The Labute approximate surface area is 104 Å². The molecule has 1 N–H and O–H groups in total. The lowest BCUT2D eigenvalue weighted by atomic mass is 9.94. The van der Waals surface area contributed by atoms with E-state index in [9.17, 15) is 4.79 Å². The maximum absolute atomic E-state index is 11.1. The van der Waals surface area contributed by atoms with Gasteiger partial charge in [-0.05, 0) is 31.7 Å². The highest BCUT2D eigenvalue weighted by molar-refractivity contribution is 5.70. The van der Waals surface area contributed by atoms with Crippen LogP contribution >= 0.6 is 0 Å². The lowest BCUT2D eigenvalue weighted by molar-refractivity contribution is -0.144. The van der Waals surface area contributed by atoms with Gasteiger partial charge in [-0.3, -0.25) is 4.79 Å². The zero-order valence-electron chi connectivity index (χ0n) is 11.2. The normalized spacial score (nSPS) is 19.8. The first-order chi connectivity index (χ1) is 8.00. The van der Waals surface area contributed by atoms with Gasteiger partial charge in [-0.1, -0.05) is 13.8 Å². The van der Waals surface area contributed by atoms with E-state index in [2.05, 4.69) is 4.90 Å². The quantitative estimate of drug-likeness (QED) is 0.771. The SMILES string of the molecule is CC(C)C(CN(C)CC1CCOCC1)C(=O)O. The molecule has 1 atom stereocenters. The van der Waals surface area contributed by atoms with Crippen molar-refractivity contribution in [2.75, 3.05) is 33.4 Å². The number of ether oxygens (including phenoxy) is 1. The molecule has 1 saturated heterocycles. The Kier molecular flexibility index (Phi) is 5.92. The van der Waals surface area contributed by atoms with E-state index in [0.29, 0.717) is 12.5 Å². The summed E-state index contributed by atoms with van der Waals surface area (Å²) in [6, 6.07) is 0. The second-order valence-electron chi connectivity index (χ2n) is 5.47. The van der Waals surface area contributed by atoms with Gasteiger partial charge in [0.05, 0.1) is 5.92 Å². The highest BCUT2D eigenvalue weighted by atomic mass is 16.5. The molecule has 1 unspecified atom stereocenters. The second kappa shape index (κ2) is 6.97. The predicted octanol–water partition coefficient (Wildman–Crippen LogP) is 1.70. The van der Waals surface area contributed by atoms with Crippen LogP contribution < -0.4 is 0 Å². The van der Waals surface area contributed by atoms with E-state index in [4.69, 9.17) is 9.84 Å².